The first-order valence-electron chi connectivity index (χ1n) is 5.70. The molecule has 3 heteroatoms. The third-order valence-corrected chi connectivity index (χ3v) is 3.24. The van der Waals surface area contributed by atoms with Gasteiger partial charge in [0.15, 0.2) is 0 Å². The second kappa shape index (κ2) is 5.52. The maximum Gasteiger partial charge on any atom is 0.255 e. The van der Waals surface area contributed by atoms with Gasteiger partial charge < -0.3 is 5.32 Å². The van der Waals surface area contributed by atoms with Gasteiger partial charge in [-0.1, -0.05) is 23.3 Å². The quantitative estimate of drug-likeness (QED) is 0.809. The van der Waals surface area contributed by atoms with E-state index in [0.717, 1.165) is 20.4 Å². The Labute approximate surface area is 121 Å². The van der Waals surface area contributed by atoms with E-state index in [-0.39, 0.29) is 5.91 Å². The summed E-state index contributed by atoms with van der Waals surface area (Å²) in [5.74, 6) is -0.0659. The number of halogens is 1. The van der Waals surface area contributed by atoms with Gasteiger partial charge in [-0.15, -0.1) is 0 Å². The topological polar surface area (TPSA) is 29.1 Å². The van der Waals surface area contributed by atoms with Crippen LogP contribution >= 0.6 is 22.6 Å². The zero-order valence-electron chi connectivity index (χ0n) is 10.3. The monoisotopic (exact) mass is 351 g/mol. The van der Waals surface area contributed by atoms with Crippen molar-refractivity contribution in [3.63, 3.8) is 0 Å². The smallest absolute Gasteiger partial charge is 0.255 e. The minimum Gasteiger partial charge on any atom is -0.322 e. The molecular formula is C15H14INO. The molecule has 0 spiro atoms. The minimum absolute atomic E-state index is 0.0659. The molecule has 0 unspecified atom stereocenters. The molecule has 0 aliphatic carbocycles. The van der Waals surface area contributed by atoms with Crippen LogP contribution in [0.15, 0.2) is 42.5 Å². The van der Waals surface area contributed by atoms with E-state index in [1.165, 1.54) is 0 Å². The fourth-order valence-electron chi connectivity index (χ4n) is 1.88. The van der Waals surface area contributed by atoms with Gasteiger partial charge in [0.25, 0.3) is 5.91 Å². The summed E-state index contributed by atoms with van der Waals surface area (Å²) < 4.78 is 1.10. The standard InChI is InChI=1S/C15H14INO/c1-10-6-11(2)8-12(7-10)15(18)17-14-5-3-4-13(16)9-14/h3-9H,1-2H3,(H,17,18). The molecule has 92 valence electrons. The van der Waals surface area contributed by atoms with E-state index in [2.05, 4.69) is 34.0 Å². The molecule has 0 aliphatic rings. The Hall–Kier alpha value is -1.36. The zero-order valence-corrected chi connectivity index (χ0v) is 12.5. The van der Waals surface area contributed by atoms with Crippen molar-refractivity contribution in [2.24, 2.45) is 0 Å². The summed E-state index contributed by atoms with van der Waals surface area (Å²) >= 11 is 2.23. The highest BCUT2D eigenvalue weighted by atomic mass is 127. The molecule has 2 rings (SSSR count). The van der Waals surface area contributed by atoms with Crippen LogP contribution in [0.3, 0.4) is 0 Å². The molecule has 0 atom stereocenters. The van der Waals surface area contributed by atoms with Gasteiger partial charge in [-0.25, -0.2) is 0 Å². The lowest BCUT2D eigenvalue weighted by atomic mass is 10.1. The second-order valence-corrected chi connectivity index (χ2v) is 5.59. The summed E-state index contributed by atoms with van der Waals surface area (Å²) in [6, 6.07) is 13.6. The number of amides is 1. The van der Waals surface area contributed by atoms with Crippen molar-refractivity contribution < 1.29 is 4.79 Å². The number of anilines is 1. The summed E-state index contributed by atoms with van der Waals surface area (Å²) in [5, 5.41) is 2.91. The highest BCUT2D eigenvalue weighted by molar-refractivity contribution is 14.1. The van der Waals surface area contributed by atoms with Crippen LogP contribution in [-0.2, 0) is 0 Å². The Morgan fingerprint density at radius 3 is 2.33 bits per heavy atom. The fourth-order valence-corrected chi connectivity index (χ4v) is 2.42. The molecule has 2 aromatic rings. The van der Waals surface area contributed by atoms with Gasteiger partial charge in [0, 0.05) is 14.8 Å². The number of benzene rings is 2. The molecule has 18 heavy (non-hydrogen) atoms. The Bertz CT molecular complexity index is 573. The Morgan fingerprint density at radius 2 is 1.72 bits per heavy atom. The van der Waals surface area contributed by atoms with E-state index in [0.29, 0.717) is 5.56 Å². The summed E-state index contributed by atoms with van der Waals surface area (Å²) in [4.78, 5) is 12.1. The van der Waals surface area contributed by atoms with Gasteiger partial charge in [0.2, 0.25) is 0 Å². The number of carbonyl (C=O) groups excluding carboxylic acids is 1. The van der Waals surface area contributed by atoms with E-state index in [1.807, 2.05) is 50.2 Å². The number of hydrogen-bond donors (Lipinski definition) is 1. The first-order valence-corrected chi connectivity index (χ1v) is 6.78. The summed E-state index contributed by atoms with van der Waals surface area (Å²) in [5.41, 5.74) is 3.73. The molecule has 0 radical (unpaired) electrons. The van der Waals surface area contributed by atoms with Crippen LogP contribution < -0.4 is 5.32 Å². The van der Waals surface area contributed by atoms with Gasteiger partial charge in [-0.2, -0.15) is 0 Å². The van der Waals surface area contributed by atoms with Gasteiger partial charge in [0.05, 0.1) is 0 Å². The first kappa shape index (κ1) is 13.1. The molecule has 0 heterocycles. The summed E-state index contributed by atoms with van der Waals surface area (Å²) in [6.45, 7) is 3.99. The van der Waals surface area contributed by atoms with Crippen LogP contribution in [0.5, 0.6) is 0 Å². The molecule has 0 fully saturated rings. The lowest BCUT2D eigenvalue weighted by molar-refractivity contribution is 0.102. The maximum atomic E-state index is 12.1. The van der Waals surface area contributed by atoms with Crippen molar-refractivity contribution in [3.8, 4) is 0 Å². The largest absolute Gasteiger partial charge is 0.322 e. The van der Waals surface area contributed by atoms with Crippen molar-refractivity contribution in [1.82, 2.24) is 0 Å². The third kappa shape index (κ3) is 3.32. The molecule has 0 saturated carbocycles. The van der Waals surface area contributed by atoms with E-state index >= 15 is 0 Å². The van der Waals surface area contributed by atoms with Gasteiger partial charge in [-0.05, 0) is 66.8 Å². The van der Waals surface area contributed by atoms with Crippen LogP contribution in [0.4, 0.5) is 5.69 Å². The molecule has 1 N–H and O–H groups in total. The summed E-state index contributed by atoms with van der Waals surface area (Å²) in [6.07, 6.45) is 0. The molecule has 2 aromatic carbocycles. The van der Waals surface area contributed by atoms with Crippen molar-refractivity contribution in [2.75, 3.05) is 5.32 Å². The number of nitrogens with one attached hydrogen (secondary N) is 1. The summed E-state index contributed by atoms with van der Waals surface area (Å²) in [7, 11) is 0. The molecule has 0 saturated heterocycles. The zero-order chi connectivity index (χ0) is 13.1. The Balaban J connectivity index is 2.22. The first-order chi connectivity index (χ1) is 8.54. The van der Waals surface area contributed by atoms with Crippen molar-refractivity contribution in [2.45, 2.75) is 13.8 Å². The predicted molar refractivity (Wildman–Crippen MR) is 83.0 cm³/mol. The average Bonchev–Trinajstić information content (AvgIpc) is 2.27. The fraction of sp³-hybridized carbons (Fsp3) is 0.133. The van der Waals surface area contributed by atoms with Gasteiger partial charge in [0.1, 0.15) is 0 Å². The van der Waals surface area contributed by atoms with Crippen molar-refractivity contribution >= 4 is 34.2 Å². The van der Waals surface area contributed by atoms with Crippen LogP contribution in [0, 0.1) is 17.4 Å². The van der Waals surface area contributed by atoms with E-state index in [4.69, 9.17) is 0 Å². The lowest BCUT2D eigenvalue weighted by Gasteiger charge is -2.07. The molecular weight excluding hydrogens is 337 g/mol. The molecule has 0 bridgehead atoms. The van der Waals surface area contributed by atoms with Gasteiger partial charge in [-0.3, -0.25) is 4.79 Å². The third-order valence-electron chi connectivity index (χ3n) is 2.57. The number of carbonyl (C=O) groups is 1. The normalized spacial score (nSPS) is 10.2. The highest BCUT2D eigenvalue weighted by Gasteiger charge is 2.07. The Kier molecular flexibility index (Phi) is 4.01. The number of aryl methyl sites for hydroxylation is 2. The van der Waals surface area contributed by atoms with E-state index < -0.39 is 0 Å². The van der Waals surface area contributed by atoms with Crippen molar-refractivity contribution in [1.29, 1.82) is 0 Å². The van der Waals surface area contributed by atoms with Gasteiger partial charge >= 0.3 is 0 Å². The van der Waals surface area contributed by atoms with Crippen LogP contribution in [0.25, 0.3) is 0 Å². The minimum atomic E-state index is -0.0659. The van der Waals surface area contributed by atoms with E-state index in [9.17, 15) is 4.79 Å². The highest BCUT2D eigenvalue weighted by Crippen LogP contribution is 2.15. The number of hydrogen-bond acceptors (Lipinski definition) is 1. The average molecular weight is 351 g/mol. The molecule has 0 aliphatic heterocycles. The lowest BCUT2D eigenvalue weighted by Crippen LogP contribution is -2.12. The van der Waals surface area contributed by atoms with E-state index in [1.54, 1.807) is 0 Å². The number of rotatable bonds is 2. The predicted octanol–water partition coefficient (Wildman–Crippen LogP) is 4.16. The SMILES string of the molecule is Cc1cc(C)cc(C(=O)Nc2cccc(I)c2)c1. The van der Waals surface area contributed by atoms with Crippen LogP contribution in [-0.4, -0.2) is 5.91 Å². The Morgan fingerprint density at radius 1 is 1.06 bits per heavy atom. The molecule has 2 nitrogen and oxygen atoms in total. The van der Waals surface area contributed by atoms with Crippen LogP contribution in [0.2, 0.25) is 0 Å². The van der Waals surface area contributed by atoms with Crippen molar-refractivity contribution in [3.05, 3.63) is 62.7 Å². The second-order valence-electron chi connectivity index (χ2n) is 4.34. The maximum absolute atomic E-state index is 12.1. The van der Waals surface area contributed by atoms with Crippen LogP contribution in [0.1, 0.15) is 21.5 Å². The molecule has 1 amide bonds. The molecule has 0 aromatic heterocycles.